The maximum Gasteiger partial charge on any atom is 0.293 e. The number of hydrogen-bond donors (Lipinski definition) is 1. The van der Waals surface area contributed by atoms with Crippen molar-refractivity contribution in [3.8, 4) is 16.9 Å². The highest BCUT2D eigenvalue weighted by atomic mass is 32.2. The normalized spacial score (nSPS) is 15.1. The molecule has 6 heteroatoms. The van der Waals surface area contributed by atoms with Crippen molar-refractivity contribution in [3.63, 3.8) is 0 Å². The Morgan fingerprint density at radius 2 is 1.50 bits per heavy atom. The molecule has 1 aliphatic heterocycles. The fourth-order valence-corrected chi connectivity index (χ4v) is 3.91. The first kappa shape index (κ1) is 19.7. The predicted molar refractivity (Wildman–Crippen MR) is 117 cm³/mol. The van der Waals surface area contributed by atoms with Crippen LogP contribution in [0.1, 0.15) is 15.9 Å². The second-order valence-electron chi connectivity index (χ2n) is 6.73. The van der Waals surface area contributed by atoms with Crippen molar-refractivity contribution in [1.29, 1.82) is 0 Å². The summed E-state index contributed by atoms with van der Waals surface area (Å²) in [5, 5.41) is 8.88. The molecule has 4 rings (SSSR count). The van der Waals surface area contributed by atoms with E-state index in [4.69, 9.17) is 0 Å². The molecule has 1 N–H and O–H groups in total. The average Bonchev–Trinajstić information content (AvgIpc) is 3.03. The first-order chi connectivity index (χ1) is 14.5. The summed E-state index contributed by atoms with van der Waals surface area (Å²) in [6.45, 7) is -0.303. The van der Waals surface area contributed by atoms with E-state index in [-0.39, 0.29) is 23.0 Å². The fraction of sp³-hybridized carbons (Fsp3) is 0.0417. The number of thioether (sulfide) groups is 1. The smallest absolute Gasteiger partial charge is 0.293 e. The first-order valence-electron chi connectivity index (χ1n) is 9.24. The van der Waals surface area contributed by atoms with E-state index in [1.54, 1.807) is 30.3 Å². The van der Waals surface area contributed by atoms with Crippen molar-refractivity contribution >= 4 is 34.8 Å². The van der Waals surface area contributed by atoms with Gasteiger partial charge in [0, 0.05) is 5.56 Å². The number of imide groups is 1. The summed E-state index contributed by atoms with van der Waals surface area (Å²) in [7, 11) is 0. The molecule has 30 heavy (non-hydrogen) atoms. The van der Waals surface area contributed by atoms with Gasteiger partial charge in [-0.05, 0) is 46.7 Å². The quantitative estimate of drug-likeness (QED) is 0.470. The molecule has 3 aromatic carbocycles. The van der Waals surface area contributed by atoms with Crippen LogP contribution in [0.5, 0.6) is 5.75 Å². The minimum atomic E-state index is -0.493. The number of carbonyl (C=O) groups excluding carboxylic acids is 3. The Morgan fingerprint density at radius 3 is 2.17 bits per heavy atom. The molecule has 0 aromatic heterocycles. The maximum absolute atomic E-state index is 12.6. The zero-order chi connectivity index (χ0) is 21.1. The van der Waals surface area contributed by atoms with Crippen LogP contribution in [0.25, 0.3) is 17.2 Å². The SMILES string of the molecule is O=C(CN1C(=O)SC(=Cc2ccc(O)cc2)C1=O)c1ccc(-c2ccccc2)cc1. The van der Waals surface area contributed by atoms with E-state index in [0.717, 1.165) is 27.8 Å². The van der Waals surface area contributed by atoms with Crippen LogP contribution in [0.4, 0.5) is 4.79 Å². The molecule has 1 saturated heterocycles. The summed E-state index contributed by atoms with van der Waals surface area (Å²) in [5.74, 6) is -0.681. The van der Waals surface area contributed by atoms with Gasteiger partial charge in [0.1, 0.15) is 5.75 Å². The van der Waals surface area contributed by atoms with Crippen molar-refractivity contribution in [2.45, 2.75) is 0 Å². The Labute approximate surface area is 177 Å². The summed E-state index contributed by atoms with van der Waals surface area (Å²) in [6, 6.07) is 23.2. The minimum Gasteiger partial charge on any atom is -0.508 e. The molecule has 0 unspecified atom stereocenters. The first-order valence-corrected chi connectivity index (χ1v) is 10.1. The predicted octanol–water partition coefficient (Wildman–Crippen LogP) is 4.98. The highest BCUT2D eigenvalue weighted by Crippen LogP contribution is 2.32. The molecular formula is C24H17NO4S. The van der Waals surface area contributed by atoms with Gasteiger partial charge < -0.3 is 5.11 Å². The lowest BCUT2D eigenvalue weighted by Crippen LogP contribution is -2.33. The summed E-state index contributed by atoms with van der Waals surface area (Å²) in [4.78, 5) is 38.7. The fourth-order valence-electron chi connectivity index (χ4n) is 3.07. The molecule has 0 bridgehead atoms. The van der Waals surface area contributed by atoms with Crippen LogP contribution in [0.2, 0.25) is 0 Å². The maximum atomic E-state index is 12.6. The largest absolute Gasteiger partial charge is 0.508 e. The van der Waals surface area contributed by atoms with Gasteiger partial charge in [0.2, 0.25) is 0 Å². The highest BCUT2D eigenvalue weighted by Gasteiger charge is 2.36. The van der Waals surface area contributed by atoms with E-state index in [9.17, 15) is 19.5 Å². The van der Waals surface area contributed by atoms with Crippen molar-refractivity contribution in [3.05, 3.63) is 94.9 Å². The third-order valence-corrected chi connectivity index (χ3v) is 5.59. The van der Waals surface area contributed by atoms with E-state index in [1.807, 2.05) is 42.5 Å². The Balaban J connectivity index is 1.47. The highest BCUT2D eigenvalue weighted by molar-refractivity contribution is 8.18. The monoisotopic (exact) mass is 415 g/mol. The zero-order valence-corrected chi connectivity index (χ0v) is 16.6. The third-order valence-electron chi connectivity index (χ3n) is 4.68. The number of ketones is 1. The van der Waals surface area contributed by atoms with Crippen LogP contribution in [0.3, 0.4) is 0 Å². The molecule has 3 aromatic rings. The molecule has 1 heterocycles. The topological polar surface area (TPSA) is 74.7 Å². The van der Waals surface area contributed by atoms with Crippen LogP contribution in [0, 0.1) is 0 Å². The van der Waals surface area contributed by atoms with Gasteiger partial charge in [-0.15, -0.1) is 0 Å². The van der Waals surface area contributed by atoms with Gasteiger partial charge in [-0.2, -0.15) is 0 Å². The van der Waals surface area contributed by atoms with Gasteiger partial charge in [-0.3, -0.25) is 19.3 Å². The van der Waals surface area contributed by atoms with E-state index in [0.29, 0.717) is 11.1 Å². The van der Waals surface area contributed by atoms with Gasteiger partial charge in [0.05, 0.1) is 11.4 Å². The summed E-state index contributed by atoms with van der Waals surface area (Å²) in [6.07, 6.45) is 1.57. The van der Waals surface area contributed by atoms with Crippen molar-refractivity contribution in [2.75, 3.05) is 6.54 Å². The number of amides is 2. The van der Waals surface area contributed by atoms with Crippen LogP contribution in [-0.4, -0.2) is 33.5 Å². The second-order valence-corrected chi connectivity index (χ2v) is 7.72. The Kier molecular flexibility index (Phi) is 5.50. The van der Waals surface area contributed by atoms with Crippen molar-refractivity contribution < 1.29 is 19.5 Å². The third kappa shape index (κ3) is 4.18. The number of Topliss-reactive ketones (excluding diaryl/α,β-unsaturated/α-hetero) is 1. The summed E-state index contributed by atoms with van der Waals surface area (Å²) < 4.78 is 0. The molecule has 148 valence electrons. The zero-order valence-electron chi connectivity index (χ0n) is 15.8. The molecular weight excluding hydrogens is 398 g/mol. The Hall–Kier alpha value is -3.64. The number of phenolic OH excluding ortho intramolecular Hbond substituents is 1. The molecule has 0 saturated carbocycles. The van der Waals surface area contributed by atoms with Crippen LogP contribution in [0.15, 0.2) is 83.8 Å². The number of hydrogen-bond acceptors (Lipinski definition) is 5. The Bertz CT molecular complexity index is 1140. The van der Waals surface area contributed by atoms with E-state index >= 15 is 0 Å². The summed E-state index contributed by atoms with van der Waals surface area (Å²) in [5.41, 5.74) is 3.15. The van der Waals surface area contributed by atoms with Gasteiger partial charge in [-0.1, -0.05) is 66.7 Å². The van der Waals surface area contributed by atoms with E-state index < -0.39 is 11.1 Å². The lowest BCUT2D eigenvalue weighted by atomic mass is 10.0. The van der Waals surface area contributed by atoms with Gasteiger partial charge in [0.25, 0.3) is 11.1 Å². The molecule has 0 aliphatic carbocycles. The van der Waals surface area contributed by atoms with Crippen LogP contribution >= 0.6 is 11.8 Å². The number of rotatable bonds is 5. The van der Waals surface area contributed by atoms with Crippen LogP contribution < -0.4 is 0 Å². The van der Waals surface area contributed by atoms with Gasteiger partial charge in [0.15, 0.2) is 5.78 Å². The van der Waals surface area contributed by atoms with E-state index in [1.165, 1.54) is 12.1 Å². The molecule has 0 atom stereocenters. The van der Waals surface area contributed by atoms with Crippen LogP contribution in [-0.2, 0) is 4.79 Å². The number of benzene rings is 3. The summed E-state index contributed by atoms with van der Waals surface area (Å²) >= 11 is 0.802. The van der Waals surface area contributed by atoms with E-state index in [2.05, 4.69) is 0 Å². The molecule has 1 aliphatic rings. The molecule has 0 radical (unpaired) electrons. The lowest BCUT2D eigenvalue weighted by Gasteiger charge is -2.11. The Morgan fingerprint density at radius 1 is 0.867 bits per heavy atom. The molecule has 2 amide bonds. The van der Waals surface area contributed by atoms with Crippen molar-refractivity contribution in [1.82, 2.24) is 4.90 Å². The standard InChI is InChI=1S/C24H17NO4S/c26-20-12-6-16(7-13-20)14-22-23(28)25(24(29)30-22)15-21(27)19-10-8-18(9-11-19)17-4-2-1-3-5-17/h1-14,26H,15H2. The molecule has 5 nitrogen and oxygen atoms in total. The molecule has 0 spiro atoms. The number of aromatic hydroxyl groups is 1. The van der Waals surface area contributed by atoms with Gasteiger partial charge in [-0.25, -0.2) is 0 Å². The number of nitrogens with zero attached hydrogens (tertiary/aromatic N) is 1. The van der Waals surface area contributed by atoms with Crippen molar-refractivity contribution in [2.24, 2.45) is 0 Å². The number of carbonyl (C=O) groups is 3. The minimum absolute atomic E-state index is 0.115. The lowest BCUT2D eigenvalue weighted by molar-refractivity contribution is -0.122. The second kappa shape index (κ2) is 8.39. The van der Waals surface area contributed by atoms with Gasteiger partial charge >= 0.3 is 0 Å². The molecule has 1 fully saturated rings. The average molecular weight is 415 g/mol. The number of phenols is 1.